The summed E-state index contributed by atoms with van der Waals surface area (Å²) >= 11 is 0. The molecule has 4 heteroatoms. The molecule has 0 fully saturated rings. The summed E-state index contributed by atoms with van der Waals surface area (Å²) in [5.74, 6) is 0. The number of hydrogen-bond donors (Lipinski definition) is 0. The quantitative estimate of drug-likeness (QED) is 0.140. The SMILES string of the molecule is Cc1cc2c3c(c1)N1c4cc5c(cc4C(c4ccccc4)(c4ccccc4)c4cccc(c41)B3N(c1ccc(-c3ccccc3)cc1)c1cc(N(c3ccc(-c4ccccc4)cc3)c3ccc(C(C)(C)C)cc3)ccc1-2)C(C)(C)CCC5(C)C. The minimum absolute atomic E-state index is 0.00713. The molecule has 0 spiro atoms. The Kier molecular flexibility index (Phi) is 11.8. The lowest BCUT2D eigenvalue weighted by Crippen LogP contribution is -2.62. The Bertz CT molecular complexity index is 4290. The van der Waals surface area contributed by atoms with Crippen LogP contribution >= 0.6 is 0 Å². The Morgan fingerprint density at radius 1 is 0.417 bits per heavy atom. The molecule has 0 atom stereocenters. The highest BCUT2D eigenvalue weighted by Crippen LogP contribution is 2.62. The van der Waals surface area contributed by atoms with Gasteiger partial charge >= 0.3 is 6.85 Å². The molecule has 0 aromatic heterocycles. The van der Waals surface area contributed by atoms with Gasteiger partial charge in [0, 0.05) is 45.4 Å². The van der Waals surface area contributed by atoms with Crippen molar-refractivity contribution in [2.75, 3.05) is 14.6 Å². The maximum atomic E-state index is 2.72. The first kappa shape index (κ1) is 51.7. The van der Waals surface area contributed by atoms with Crippen molar-refractivity contribution in [2.24, 2.45) is 0 Å². The third kappa shape index (κ3) is 8.01. The van der Waals surface area contributed by atoms with Crippen LogP contribution in [0.1, 0.15) is 106 Å². The zero-order chi connectivity index (χ0) is 57.3. The molecule has 408 valence electrons. The number of para-hydroxylation sites is 1. The number of nitrogens with zero attached hydrogens (tertiary/aromatic N) is 3. The van der Waals surface area contributed by atoms with Gasteiger partial charge in [-0.15, -0.1) is 0 Å². The summed E-state index contributed by atoms with van der Waals surface area (Å²) in [6.07, 6.45) is 2.27. The van der Waals surface area contributed by atoms with Gasteiger partial charge in [0.2, 0.25) is 0 Å². The average molecular weight is 1080 g/mol. The average Bonchev–Trinajstić information content (AvgIpc) is 0.689. The molecule has 3 nitrogen and oxygen atoms in total. The number of aryl methyl sites for hydroxylation is 1. The third-order valence-corrected chi connectivity index (χ3v) is 19.4. The van der Waals surface area contributed by atoms with E-state index < -0.39 is 5.41 Å². The fraction of sp³-hybridized carbons (Fsp3) is 0.175. The van der Waals surface area contributed by atoms with Gasteiger partial charge in [-0.1, -0.05) is 243 Å². The second kappa shape index (κ2) is 19.2. The highest BCUT2D eigenvalue weighted by atomic mass is 15.2. The molecular weight excluding hydrogens is 1010 g/mol. The zero-order valence-electron chi connectivity index (χ0n) is 49.6. The molecule has 15 rings (SSSR count). The smallest absolute Gasteiger partial charge is 0.333 e. The van der Waals surface area contributed by atoms with Crippen molar-refractivity contribution in [3.8, 4) is 33.4 Å². The lowest BCUT2D eigenvalue weighted by atomic mass is 9.42. The Labute approximate surface area is 497 Å². The van der Waals surface area contributed by atoms with Gasteiger partial charge < -0.3 is 14.6 Å². The maximum Gasteiger partial charge on any atom is 0.333 e. The summed E-state index contributed by atoms with van der Waals surface area (Å²) in [5, 5.41) is 0. The van der Waals surface area contributed by atoms with Crippen molar-refractivity contribution in [3.05, 3.63) is 299 Å². The largest absolute Gasteiger partial charge is 0.376 e. The Balaban J connectivity index is 1.02. The summed E-state index contributed by atoms with van der Waals surface area (Å²) in [4.78, 5) is 7.88. The fourth-order valence-corrected chi connectivity index (χ4v) is 14.9. The van der Waals surface area contributed by atoms with Crippen LogP contribution in [0.25, 0.3) is 33.4 Å². The van der Waals surface area contributed by atoms with Crippen LogP contribution in [0.15, 0.2) is 255 Å². The second-order valence-electron chi connectivity index (χ2n) is 26.4. The summed E-state index contributed by atoms with van der Waals surface area (Å²) < 4.78 is 0. The van der Waals surface area contributed by atoms with Crippen molar-refractivity contribution >= 4 is 63.3 Å². The molecule has 0 amide bonds. The van der Waals surface area contributed by atoms with Gasteiger partial charge in [0.15, 0.2) is 0 Å². The van der Waals surface area contributed by atoms with Crippen LogP contribution in [-0.2, 0) is 21.7 Å². The van der Waals surface area contributed by atoms with Crippen LogP contribution in [0.5, 0.6) is 0 Å². The molecule has 0 N–H and O–H groups in total. The van der Waals surface area contributed by atoms with E-state index in [9.17, 15) is 0 Å². The Morgan fingerprint density at radius 2 is 0.929 bits per heavy atom. The first-order valence-corrected chi connectivity index (χ1v) is 30.2. The van der Waals surface area contributed by atoms with E-state index in [1.54, 1.807) is 0 Å². The van der Waals surface area contributed by atoms with Crippen molar-refractivity contribution < 1.29 is 0 Å². The fourth-order valence-electron chi connectivity index (χ4n) is 14.9. The Morgan fingerprint density at radius 3 is 1.50 bits per heavy atom. The maximum absolute atomic E-state index is 2.72. The molecular formula is C80H70BN3. The van der Waals surface area contributed by atoms with Gasteiger partial charge in [0.25, 0.3) is 0 Å². The first-order valence-electron chi connectivity index (χ1n) is 30.2. The van der Waals surface area contributed by atoms with E-state index in [0.29, 0.717) is 0 Å². The molecule has 11 aromatic rings. The van der Waals surface area contributed by atoms with Gasteiger partial charge in [0.1, 0.15) is 0 Å². The van der Waals surface area contributed by atoms with Gasteiger partial charge in [0.05, 0.1) is 11.1 Å². The Hall–Kier alpha value is -9.12. The first-order chi connectivity index (χ1) is 40.7. The van der Waals surface area contributed by atoms with E-state index in [1.165, 1.54) is 112 Å². The lowest BCUT2D eigenvalue weighted by Gasteiger charge is -2.53. The van der Waals surface area contributed by atoms with E-state index in [4.69, 9.17) is 0 Å². The monoisotopic (exact) mass is 1080 g/mol. The van der Waals surface area contributed by atoms with E-state index in [2.05, 4.69) is 325 Å². The summed E-state index contributed by atoms with van der Waals surface area (Å²) in [5.41, 5.74) is 29.3. The highest BCUT2D eigenvalue weighted by Gasteiger charge is 2.54. The van der Waals surface area contributed by atoms with Crippen LogP contribution in [0, 0.1) is 6.92 Å². The van der Waals surface area contributed by atoms with Gasteiger partial charge in [-0.05, 0) is 180 Å². The molecule has 0 bridgehead atoms. The second-order valence-corrected chi connectivity index (χ2v) is 26.4. The molecule has 4 aliphatic rings. The molecule has 0 saturated carbocycles. The summed E-state index contributed by atoms with van der Waals surface area (Å²) in [6.45, 7) is 18.9. The number of hydrogen-bond acceptors (Lipinski definition) is 3. The molecule has 84 heavy (non-hydrogen) atoms. The van der Waals surface area contributed by atoms with Crippen LogP contribution in [0.3, 0.4) is 0 Å². The molecule has 0 unspecified atom stereocenters. The normalized spacial score (nSPS) is 15.5. The highest BCUT2D eigenvalue weighted by molar-refractivity contribution is 6.93. The third-order valence-electron chi connectivity index (χ3n) is 19.4. The van der Waals surface area contributed by atoms with E-state index >= 15 is 0 Å². The van der Waals surface area contributed by atoms with Gasteiger partial charge in [-0.3, -0.25) is 0 Å². The van der Waals surface area contributed by atoms with Crippen LogP contribution in [-0.4, -0.2) is 6.85 Å². The number of rotatable bonds is 8. The van der Waals surface area contributed by atoms with Crippen LogP contribution < -0.4 is 25.5 Å². The minimum Gasteiger partial charge on any atom is -0.376 e. The summed E-state index contributed by atoms with van der Waals surface area (Å²) in [6, 6.07) is 97.0. The van der Waals surface area contributed by atoms with Crippen molar-refractivity contribution in [2.45, 2.75) is 89.9 Å². The van der Waals surface area contributed by atoms with E-state index in [-0.39, 0.29) is 23.1 Å². The minimum atomic E-state index is -0.655. The molecule has 11 aromatic carbocycles. The van der Waals surface area contributed by atoms with Crippen molar-refractivity contribution in [1.29, 1.82) is 0 Å². The van der Waals surface area contributed by atoms with Crippen molar-refractivity contribution in [1.82, 2.24) is 0 Å². The molecule has 0 saturated heterocycles. The predicted octanol–water partition coefficient (Wildman–Crippen LogP) is 19.8. The molecule has 3 heterocycles. The zero-order valence-corrected chi connectivity index (χ0v) is 49.6. The lowest BCUT2D eigenvalue weighted by molar-refractivity contribution is 0.331. The van der Waals surface area contributed by atoms with Gasteiger partial charge in [-0.2, -0.15) is 0 Å². The van der Waals surface area contributed by atoms with Crippen molar-refractivity contribution in [3.63, 3.8) is 0 Å². The predicted molar refractivity (Wildman–Crippen MR) is 356 cm³/mol. The number of fused-ring (bicyclic) bond motifs is 7. The number of anilines is 8. The molecule has 3 aliphatic heterocycles. The number of benzene rings is 11. The topological polar surface area (TPSA) is 9.72 Å². The molecule has 1 aliphatic carbocycles. The van der Waals surface area contributed by atoms with E-state index in [1.807, 2.05) is 0 Å². The van der Waals surface area contributed by atoms with Crippen LogP contribution in [0.2, 0.25) is 0 Å². The van der Waals surface area contributed by atoms with Crippen LogP contribution in [0.4, 0.5) is 45.5 Å². The van der Waals surface area contributed by atoms with Gasteiger partial charge in [-0.25, -0.2) is 0 Å². The van der Waals surface area contributed by atoms with E-state index in [0.717, 1.165) is 35.6 Å². The molecule has 0 radical (unpaired) electrons. The summed E-state index contributed by atoms with van der Waals surface area (Å²) in [7, 11) is 0. The standard InChI is InChI=1S/C80H70BN3/c1-53-48-66-65-45-44-64(82(62-42-36-58(37-43-62)77(2,3)4)61-38-32-56(33-39-61)54-22-13-9-14-23-54)50-72(65)84(63-40-34-57(35-41-63)55-24-15-10-16-25-55)81-71-31-21-30-67-76(71)83(74(49-53)75(66)81)73-52-69-68(78(5,6)46-47-79(69,7)8)51-70(73)80(67,59-26-17-11-18-27-59)60-28-19-12-20-29-60/h9-45,48-52H,46-47H2,1-8H3.